The van der Waals surface area contributed by atoms with Gasteiger partial charge in [0.25, 0.3) is 5.91 Å². The van der Waals surface area contributed by atoms with Gasteiger partial charge in [-0.1, -0.05) is 69.5 Å². The molecule has 0 atom stereocenters. The maximum absolute atomic E-state index is 12.9. The quantitative estimate of drug-likeness (QED) is 0.371. The lowest BCUT2D eigenvalue weighted by Crippen LogP contribution is -2.34. The van der Waals surface area contributed by atoms with Crippen LogP contribution >= 0.6 is 50.5 Å². The van der Waals surface area contributed by atoms with Crippen molar-refractivity contribution in [1.29, 1.82) is 0 Å². The summed E-state index contributed by atoms with van der Waals surface area (Å²) in [7, 11) is 0. The van der Waals surface area contributed by atoms with E-state index in [0.717, 1.165) is 16.5 Å². The molecule has 10 heteroatoms. The summed E-state index contributed by atoms with van der Waals surface area (Å²) in [5.74, 6) is -0.457. The molecule has 0 saturated carbocycles. The molecule has 31 heavy (non-hydrogen) atoms. The van der Waals surface area contributed by atoms with Crippen molar-refractivity contribution in [2.45, 2.75) is 19.8 Å². The van der Waals surface area contributed by atoms with Gasteiger partial charge in [0, 0.05) is 45.2 Å². The highest BCUT2D eigenvalue weighted by Gasteiger charge is 2.18. The van der Waals surface area contributed by atoms with Gasteiger partial charge in [-0.2, -0.15) is 0 Å². The van der Waals surface area contributed by atoms with Crippen LogP contribution in [0.2, 0.25) is 10.0 Å². The van der Waals surface area contributed by atoms with Crippen molar-refractivity contribution in [3.63, 3.8) is 0 Å². The van der Waals surface area contributed by atoms with Gasteiger partial charge in [-0.3, -0.25) is 9.59 Å². The van der Waals surface area contributed by atoms with Crippen LogP contribution in [0.1, 0.15) is 30.1 Å². The van der Waals surface area contributed by atoms with Crippen molar-refractivity contribution >= 4 is 67.4 Å². The molecule has 2 aromatic carbocycles. The van der Waals surface area contributed by atoms with Gasteiger partial charge < -0.3 is 10.2 Å². The van der Waals surface area contributed by atoms with Crippen LogP contribution in [-0.4, -0.2) is 40.0 Å². The fourth-order valence-electron chi connectivity index (χ4n) is 2.87. The number of aromatic nitrogens is 2. The molecule has 0 saturated heterocycles. The van der Waals surface area contributed by atoms with Crippen molar-refractivity contribution in [1.82, 2.24) is 15.1 Å². The molecule has 0 aliphatic carbocycles. The Bertz CT molecular complexity index is 1070. The minimum absolute atomic E-state index is 0.131. The zero-order valence-electron chi connectivity index (χ0n) is 16.6. The second-order valence-corrected chi connectivity index (χ2v) is 9.44. The van der Waals surface area contributed by atoms with Crippen molar-refractivity contribution < 1.29 is 9.59 Å². The van der Waals surface area contributed by atoms with Crippen molar-refractivity contribution in [3.05, 3.63) is 62.5 Å². The average molecular weight is 542 g/mol. The molecule has 1 heterocycles. The summed E-state index contributed by atoms with van der Waals surface area (Å²) in [6.07, 6.45) is 0.889. The van der Waals surface area contributed by atoms with Gasteiger partial charge in [0.15, 0.2) is 0 Å². The number of amides is 2. The predicted octanol–water partition coefficient (Wildman–Crippen LogP) is 6.16. The fraction of sp³-hybridized carbons (Fsp3) is 0.238. The molecule has 3 aromatic rings. The molecule has 0 aliphatic heterocycles. The molecule has 2 amide bonds. The van der Waals surface area contributed by atoms with E-state index in [1.54, 1.807) is 23.1 Å². The van der Waals surface area contributed by atoms with Crippen LogP contribution in [0.3, 0.4) is 0 Å². The topological polar surface area (TPSA) is 75.2 Å². The number of carbonyl (C=O) groups excluding carboxylic acids is 2. The van der Waals surface area contributed by atoms with Gasteiger partial charge >= 0.3 is 0 Å². The van der Waals surface area contributed by atoms with E-state index in [9.17, 15) is 9.59 Å². The van der Waals surface area contributed by atoms with Gasteiger partial charge in [-0.25, -0.2) is 0 Å². The molecule has 1 N–H and O–H groups in total. The minimum atomic E-state index is -0.241. The molecule has 0 unspecified atom stereocenters. The smallest absolute Gasteiger partial charge is 0.253 e. The van der Waals surface area contributed by atoms with Crippen LogP contribution in [0, 0.1) is 0 Å². The first-order valence-electron chi connectivity index (χ1n) is 9.50. The number of hydrogen-bond donors (Lipinski definition) is 1. The Morgan fingerprint density at radius 1 is 1.10 bits per heavy atom. The molecule has 0 bridgehead atoms. The van der Waals surface area contributed by atoms with Crippen LogP contribution in [0.25, 0.3) is 10.6 Å². The van der Waals surface area contributed by atoms with E-state index in [1.165, 1.54) is 11.3 Å². The number of carbonyl (C=O) groups is 2. The molecule has 162 valence electrons. The molecule has 0 spiro atoms. The monoisotopic (exact) mass is 540 g/mol. The summed E-state index contributed by atoms with van der Waals surface area (Å²) in [6.45, 7) is 2.75. The van der Waals surface area contributed by atoms with Gasteiger partial charge in [-0.05, 0) is 36.8 Å². The highest BCUT2D eigenvalue weighted by Crippen LogP contribution is 2.28. The van der Waals surface area contributed by atoms with E-state index < -0.39 is 0 Å². The zero-order chi connectivity index (χ0) is 22.4. The number of nitrogens with zero attached hydrogens (tertiary/aromatic N) is 3. The van der Waals surface area contributed by atoms with Crippen molar-refractivity contribution in [2.75, 3.05) is 18.4 Å². The van der Waals surface area contributed by atoms with Crippen molar-refractivity contribution in [2.24, 2.45) is 0 Å². The first-order chi connectivity index (χ1) is 14.9. The lowest BCUT2D eigenvalue weighted by molar-refractivity contribution is -0.116. The summed E-state index contributed by atoms with van der Waals surface area (Å²) in [5.41, 5.74) is 1.31. The molecular weight excluding hydrogens is 523 g/mol. The zero-order valence-corrected chi connectivity index (χ0v) is 20.5. The van der Waals surface area contributed by atoms with E-state index in [0.29, 0.717) is 32.3 Å². The SMILES string of the molecule is CCCN(CCC(=O)Nc1nnc(-c2cccc(Br)c2)s1)C(=O)c1cc(Cl)cc(Cl)c1. The Morgan fingerprint density at radius 3 is 2.52 bits per heavy atom. The largest absolute Gasteiger partial charge is 0.338 e. The Balaban J connectivity index is 1.61. The number of anilines is 1. The highest BCUT2D eigenvalue weighted by molar-refractivity contribution is 9.10. The first-order valence-corrected chi connectivity index (χ1v) is 11.9. The second kappa shape index (κ2) is 11.0. The van der Waals surface area contributed by atoms with Gasteiger partial charge in [0.2, 0.25) is 11.0 Å². The molecule has 0 radical (unpaired) electrons. The number of rotatable bonds is 8. The first kappa shape index (κ1) is 23.7. The van der Waals surface area contributed by atoms with Crippen LogP contribution in [0.5, 0.6) is 0 Å². The van der Waals surface area contributed by atoms with E-state index in [1.807, 2.05) is 31.2 Å². The molecule has 0 aliphatic rings. The summed E-state index contributed by atoms with van der Waals surface area (Å²) in [4.78, 5) is 26.9. The second-order valence-electron chi connectivity index (χ2n) is 6.67. The van der Waals surface area contributed by atoms with Gasteiger partial charge in [0.05, 0.1) is 0 Å². The lowest BCUT2D eigenvalue weighted by Gasteiger charge is -2.22. The Hall–Kier alpha value is -2.00. The number of benzene rings is 2. The van der Waals surface area contributed by atoms with Crippen LogP contribution < -0.4 is 5.32 Å². The summed E-state index contributed by atoms with van der Waals surface area (Å²) >= 11 is 16.7. The molecule has 3 rings (SSSR count). The maximum Gasteiger partial charge on any atom is 0.253 e. The maximum atomic E-state index is 12.9. The molecule has 6 nitrogen and oxygen atoms in total. The highest BCUT2D eigenvalue weighted by atomic mass is 79.9. The van der Waals surface area contributed by atoms with Crippen LogP contribution in [0.15, 0.2) is 46.9 Å². The third-order valence-electron chi connectivity index (χ3n) is 4.24. The third kappa shape index (κ3) is 6.74. The third-order valence-corrected chi connectivity index (χ3v) is 6.06. The standard InChI is InChI=1S/C21H19BrCl2N4O2S/c1-2-7-28(20(30)14-10-16(23)12-17(24)11-14)8-6-18(29)25-21-27-26-19(31-21)13-4-3-5-15(22)9-13/h3-5,9-12H,2,6-8H2,1H3,(H,25,27,29). The normalized spacial score (nSPS) is 10.7. The number of halogens is 3. The summed E-state index contributed by atoms with van der Waals surface area (Å²) in [6, 6.07) is 12.4. The number of nitrogens with one attached hydrogen (secondary N) is 1. The predicted molar refractivity (Wildman–Crippen MR) is 129 cm³/mol. The molecular formula is C21H19BrCl2N4O2S. The van der Waals surface area contributed by atoms with E-state index in [2.05, 4.69) is 31.4 Å². The van der Waals surface area contributed by atoms with E-state index in [4.69, 9.17) is 23.2 Å². The van der Waals surface area contributed by atoms with Gasteiger partial charge in [0.1, 0.15) is 5.01 Å². The lowest BCUT2D eigenvalue weighted by atomic mass is 10.2. The van der Waals surface area contributed by atoms with Crippen molar-refractivity contribution in [3.8, 4) is 10.6 Å². The summed E-state index contributed by atoms with van der Waals surface area (Å²) in [5, 5.41) is 12.8. The molecule has 0 fully saturated rings. The summed E-state index contributed by atoms with van der Waals surface area (Å²) < 4.78 is 0.937. The van der Waals surface area contributed by atoms with Crippen LogP contribution in [0.4, 0.5) is 5.13 Å². The van der Waals surface area contributed by atoms with Gasteiger partial charge in [-0.15, -0.1) is 10.2 Å². The fourth-order valence-corrected chi connectivity index (χ4v) is 4.56. The van der Waals surface area contributed by atoms with E-state index >= 15 is 0 Å². The minimum Gasteiger partial charge on any atom is -0.338 e. The van der Waals surface area contributed by atoms with E-state index in [-0.39, 0.29) is 24.8 Å². The average Bonchev–Trinajstić information content (AvgIpc) is 3.18. The Kier molecular flexibility index (Phi) is 8.43. The Morgan fingerprint density at radius 2 is 1.84 bits per heavy atom. The molecule has 1 aromatic heterocycles. The number of hydrogen-bond acceptors (Lipinski definition) is 5. The Labute approximate surface area is 202 Å². The van der Waals surface area contributed by atoms with Crippen LogP contribution in [-0.2, 0) is 4.79 Å².